The normalized spacial score (nSPS) is 11.1. The highest BCUT2D eigenvalue weighted by atomic mass is 16.7. The summed E-state index contributed by atoms with van der Waals surface area (Å²) < 4.78 is 32.3. The van der Waals surface area contributed by atoms with Gasteiger partial charge in [-0.3, -0.25) is 0 Å². The average Bonchev–Trinajstić information content (AvgIpc) is 2.66. The molecule has 26 heavy (non-hydrogen) atoms. The van der Waals surface area contributed by atoms with E-state index in [4.69, 9.17) is 28.1 Å². The first-order chi connectivity index (χ1) is 12.7. The van der Waals surface area contributed by atoms with Gasteiger partial charge in [0.25, 0.3) is 0 Å². The molecular weight excluding hydrogens is 340 g/mol. The summed E-state index contributed by atoms with van der Waals surface area (Å²) >= 11 is 0. The van der Waals surface area contributed by atoms with E-state index in [-0.39, 0.29) is 13.4 Å². The zero-order valence-corrected chi connectivity index (χ0v) is 15.1. The molecule has 0 atom stereocenters. The standard InChI is InChI=1S/C19H20O7/c1-21-10-25-9-11-6-5-7-13-15(11)16-12(19(20)26-13)8-14(22-2)17(23-3)18(16)24-4/h5-8H,9-10H2,1-4H3. The van der Waals surface area contributed by atoms with E-state index >= 15 is 0 Å². The third kappa shape index (κ3) is 2.95. The molecular formula is C19H20O7. The fourth-order valence-electron chi connectivity index (χ4n) is 3.02. The second-order valence-electron chi connectivity index (χ2n) is 5.50. The van der Waals surface area contributed by atoms with E-state index in [1.807, 2.05) is 6.07 Å². The van der Waals surface area contributed by atoms with Crippen LogP contribution < -0.4 is 19.8 Å². The molecule has 0 saturated heterocycles. The van der Waals surface area contributed by atoms with Gasteiger partial charge in [0.1, 0.15) is 12.4 Å². The van der Waals surface area contributed by atoms with Gasteiger partial charge in [-0.1, -0.05) is 12.1 Å². The Kier molecular flexibility index (Phi) is 5.29. The Balaban J connectivity index is 2.44. The summed E-state index contributed by atoms with van der Waals surface area (Å²) in [6.07, 6.45) is 0. The Hall–Kier alpha value is -2.77. The fourth-order valence-corrected chi connectivity index (χ4v) is 3.02. The minimum absolute atomic E-state index is 0.152. The lowest BCUT2D eigenvalue weighted by atomic mass is 10.0. The van der Waals surface area contributed by atoms with Crippen LogP contribution in [0.1, 0.15) is 5.56 Å². The molecule has 0 aliphatic heterocycles. The monoisotopic (exact) mass is 360 g/mol. The number of hydrogen-bond acceptors (Lipinski definition) is 7. The van der Waals surface area contributed by atoms with Crippen LogP contribution in [0.15, 0.2) is 33.5 Å². The van der Waals surface area contributed by atoms with Crippen LogP contribution >= 0.6 is 0 Å². The first-order valence-electron chi connectivity index (χ1n) is 7.90. The van der Waals surface area contributed by atoms with Gasteiger partial charge in [0.15, 0.2) is 11.5 Å². The molecule has 7 nitrogen and oxygen atoms in total. The summed E-state index contributed by atoms with van der Waals surface area (Å²) in [7, 11) is 6.08. The molecule has 0 N–H and O–H groups in total. The van der Waals surface area contributed by atoms with E-state index in [9.17, 15) is 4.79 Å². The van der Waals surface area contributed by atoms with Gasteiger partial charge < -0.3 is 28.1 Å². The van der Waals surface area contributed by atoms with Gasteiger partial charge >= 0.3 is 5.63 Å². The van der Waals surface area contributed by atoms with Crippen LogP contribution in [0.2, 0.25) is 0 Å². The highest BCUT2D eigenvalue weighted by Crippen LogP contribution is 2.45. The van der Waals surface area contributed by atoms with Crippen LogP contribution in [0, 0.1) is 0 Å². The lowest BCUT2D eigenvalue weighted by molar-refractivity contribution is -0.0387. The van der Waals surface area contributed by atoms with Crippen LogP contribution in [0.3, 0.4) is 0 Å². The van der Waals surface area contributed by atoms with Crippen molar-refractivity contribution in [2.24, 2.45) is 0 Å². The van der Waals surface area contributed by atoms with Crippen molar-refractivity contribution < 1.29 is 28.1 Å². The van der Waals surface area contributed by atoms with Crippen molar-refractivity contribution in [1.29, 1.82) is 0 Å². The molecule has 3 aromatic rings. The molecule has 0 amide bonds. The van der Waals surface area contributed by atoms with Crippen LogP contribution in [0.25, 0.3) is 21.7 Å². The predicted molar refractivity (Wildman–Crippen MR) is 96.3 cm³/mol. The van der Waals surface area contributed by atoms with Crippen molar-refractivity contribution in [2.45, 2.75) is 6.61 Å². The molecule has 0 bridgehead atoms. The van der Waals surface area contributed by atoms with Crippen LogP contribution in [0.5, 0.6) is 17.2 Å². The summed E-state index contributed by atoms with van der Waals surface area (Å²) in [6.45, 7) is 0.435. The van der Waals surface area contributed by atoms with Crippen molar-refractivity contribution in [1.82, 2.24) is 0 Å². The Morgan fingerprint density at radius 1 is 0.962 bits per heavy atom. The first kappa shape index (κ1) is 18.0. The van der Waals surface area contributed by atoms with Gasteiger partial charge in [-0.25, -0.2) is 4.79 Å². The average molecular weight is 360 g/mol. The summed E-state index contributed by atoms with van der Waals surface area (Å²) in [4.78, 5) is 12.5. The van der Waals surface area contributed by atoms with Gasteiger partial charge in [-0.15, -0.1) is 0 Å². The molecule has 138 valence electrons. The predicted octanol–water partition coefficient (Wildman–Crippen LogP) is 3.09. The maximum Gasteiger partial charge on any atom is 0.344 e. The molecule has 0 aliphatic rings. The van der Waals surface area contributed by atoms with E-state index in [1.54, 1.807) is 25.3 Å². The molecule has 0 saturated carbocycles. The highest BCUT2D eigenvalue weighted by Gasteiger charge is 2.22. The van der Waals surface area contributed by atoms with E-state index in [1.165, 1.54) is 21.3 Å². The van der Waals surface area contributed by atoms with Gasteiger partial charge in [0.05, 0.1) is 33.3 Å². The highest BCUT2D eigenvalue weighted by molar-refractivity contribution is 6.11. The molecule has 2 aromatic carbocycles. The number of fused-ring (bicyclic) bond motifs is 3. The maximum atomic E-state index is 12.5. The SMILES string of the molecule is COCOCc1cccc2oc(=O)c3cc(OC)c(OC)c(OC)c3c12. The lowest BCUT2D eigenvalue weighted by Gasteiger charge is -2.16. The van der Waals surface area contributed by atoms with Gasteiger partial charge in [0, 0.05) is 17.9 Å². The summed E-state index contributed by atoms with van der Waals surface area (Å²) in [5, 5.41) is 1.65. The van der Waals surface area contributed by atoms with Gasteiger partial charge in [0.2, 0.25) is 5.75 Å². The quantitative estimate of drug-likeness (QED) is 0.277. The second kappa shape index (κ2) is 7.63. The molecule has 3 rings (SSSR count). The Labute approximate surface area is 150 Å². The summed E-state index contributed by atoms with van der Waals surface area (Å²) in [5.41, 5.74) is 0.784. The minimum Gasteiger partial charge on any atom is -0.493 e. The summed E-state index contributed by atoms with van der Waals surface area (Å²) in [5.74, 6) is 1.19. The molecule has 0 fully saturated rings. The minimum atomic E-state index is -0.485. The Morgan fingerprint density at radius 2 is 1.73 bits per heavy atom. The van der Waals surface area contributed by atoms with E-state index < -0.39 is 5.63 Å². The van der Waals surface area contributed by atoms with Crippen molar-refractivity contribution in [3.8, 4) is 17.2 Å². The molecule has 0 radical (unpaired) electrons. The van der Waals surface area contributed by atoms with Crippen molar-refractivity contribution >= 4 is 21.7 Å². The molecule has 7 heteroatoms. The van der Waals surface area contributed by atoms with Crippen LogP contribution in [-0.2, 0) is 16.1 Å². The van der Waals surface area contributed by atoms with E-state index in [0.717, 1.165) is 10.9 Å². The molecule has 0 spiro atoms. The first-order valence-corrected chi connectivity index (χ1v) is 7.90. The van der Waals surface area contributed by atoms with Crippen LogP contribution in [-0.4, -0.2) is 35.2 Å². The number of hydrogen-bond donors (Lipinski definition) is 0. The third-order valence-electron chi connectivity index (χ3n) is 4.07. The lowest BCUT2D eigenvalue weighted by Crippen LogP contribution is -2.05. The number of rotatable bonds is 7. The molecule has 0 aliphatic carbocycles. The van der Waals surface area contributed by atoms with Crippen molar-refractivity contribution in [3.05, 3.63) is 40.2 Å². The Morgan fingerprint density at radius 3 is 2.38 bits per heavy atom. The summed E-state index contributed by atoms with van der Waals surface area (Å²) in [6, 6.07) is 7.02. The number of methoxy groups -OCH3 is 4. The fraction of sp³-hybridized carbons (Fsp3) is 0.316. The second-order valence-corrected chi connectivity index (χ2v) is 5.50. The van der Waals surface area contributed by atoms with E-state index in [0.29, 0.717) is 33.6 Å². The van der Waals surface area contributed by atoms with Crippen molar-refractivity contribution in [3.63, 3.8) is 0 Å². The third-order valence-corrected chi connectivity index (χ3v) is 4.07. The smallest absolute Gasteiger partial charge is 0.344 e. The zero-order chi connectivity index (χ0) is 18.7. The zero-order valence-electron chi connectivity index (χ0n) is 15.1. The number of benzene rings is 2. The van der Waals surface area contributed by atoms with Crippen LogP contribution in [0.4, 0.5) is 0 Å². The Bertz CT molecular complexity index is 991. The molecule has 1 aromatic heterocycles. The van der Waals surface area contributed by atoms with Gasteiger partial charge in [-0.2, -0.15) is 0 Å². The van der Waals surface area contributed by atoms with Gasteiger partial charge in [-0.05, 0) is 17.7 Å². The largest absolute Gasteiger partial charge is 0.493 e. The van der Waals surface area contributed by atoms with E-state index in [2.05, 4.69) is 0 Å². The topological polar surface area (TPSA) is 76.4 Å². The molecule has 1 heterocycles. The number of ether oxygens (including phenoxy) is 5. The maximum absolute atomic E-state index is 12.5. The molecule has 0 unspecified atom stereocenters. The van der Waals surface area contributed by atoms with Crippen molar-refractivity contribution in [2.75, 3.05) is 35.2 Å².